The molecule has 34 heavy (non-hydrogen) atoms. The predicted molar refractivity (Wildman–Crippen MR) is 143 cm³/mol. The van der Waals surface area contributed by atoms with Crippen molar-refractivity contribution < 1.29 is 0 Å². The van der Waals surface area contributed by atoms with Gasteiger partial charge in [-0.2, -0.15) is 0 Å². The topological polar surface area (TPSA) is 3.24 Å². The summed E-state index contributed by atoms with van der Waals surface area (Å²) in [4.78, 5) is 2.52. The molecule has 0 spiro atoms. The van der Waals surface area contributed by atoms with Crippen molar-refractivity contribution in [3.8, 4) is 11.1 Å². The van der Waals surface area contributed by atoms with Gasteiger partial charge in [0.1, 0.15) is 0 Å². The normalized spacial score (nSPS) is 19.4. The molecule has 0 aromatic heterocycles. The number of hydrogen-bond donors (Lipinski definition) is 0. The SMILES string of the molecule is Cc1ccc(N2c3ccc(C)cc3C3C=C(c4ccc5c(c4)-c4ccccc4C5)C=CC32)cc1. The van der Waals surface area contributed by atoms with E-state index in [1.165, 1.54) is 61.5 Å². The van der Waals surface area contributed by atoms with E-state index in [-0.39, 0.29) is 0 Å². The maximum atomic E-state index is 2.52. The van der Waals surface area contributed by atoms with Crippen LogP contribution in [0.1, 0.15) is 39.3 Å². The fourth-order valence-electron chi connectivity index (χ4n) is 6.02. The first-order valence-corrected chi connectivity index (χ1v) is 12.2. The van der Waals surface area contributed by atoms with E-state index in [1.54, 1.807) is 0 Å². The zero-order valence-corrected chi connectivity index (χ0v) is 19.6. The van der Waals surface area contributed by atoms with Gasteiger partial charge in [0.05, 0.1) is 6.04 Å². The van der Waals surface area contributed by atoms with E-state index in [4.69, 9.17) is 0 Å². The minimum Gasteiger partial charge on any atom is -0.333 e. The summed E-state index contributed by atoms with van der Waals surface area (Å²) in [5.41, 5.74) is 14.9. The Kier molecular flexibility index (Phi) is 4.23. The van der Waals surface area contributed by atoms with E-state index in [0.717, 1.165) is 6.42 Å². The summed E-state index contributed by atoms with van der Waals surface area (Å²) in [6.45, 7) is 4.35. The monoisotopic (exact) mass is 437 g/mol. The van der Waals surface area contributed by atoms with Crippen LogP contribution in [0.2, 0.25) is 0 Å². The Morgan fingerprint density at radius 2 is 1.53 bits per heavy atom. The number of rotatable bonds is 2. The Balaban J connectivity index is 1.32. The molecule has 1 heterocycles. The fourth-order valence-corrected chi connectivity index (χ4v) is 6.02. The molecule has 0 saturated heterocycles. The predicted octanol–water partition coefficient (Wildman–Crippen LogP) is 8.13. The number of anilines is 2. The van der Waals surface area contributed by atoms with Gasteiger partial charge in [0, 0.05) is 17.3 Å². The summed E-state index contributed by atoms with van der Waals surface area (Å²) in [6.07, 6.45) is 8.29. The van der Waals surface area contributed by atoms with Gasteiger partial charge in [-0.1, -0.05) is 90.0 Å². The minimum atomic E-state index is 0.304. The van der Waals surface area contributed by atoms with E-state index in [2.05, 4.69) is 122 Å². The molecule has 0 N–H and O–H groups in total. The lowest BCUT2D eigenvalue weighted by Crippen LogP contribution is -2.28. The van der Waals surface area contributed by atoms with Gasteiger partial charge in [0.2, 0.25) is 0 Å². The number of nitrogens with zero attached hydrogens (tertiary/aromatic N) is 1. The lowest BCUT2D eigenvalue weighted by atomic mass is 9.85. The van der Waals surface area contributed by atoms with Crippen molar-refractivity contribution in [2.24, 2.45) is 0 Å². The maximum Gasteiger partial charge on any atom is 0.0630 e. The Morgan fingerprint density at radius 3 is 2.41 bits per heavy atom. The average Bonchev–Trinajstić information content (AvgIpc) is 3.39. The van der Waals surface area contributed by atoms with Gasteiger partial charge in [-0.15, -0.1) is 0 Å². The third-order valence-electron chi connectivity index (χ3n) is 7.74. The van der Waals surface area contributed by atoms with E-state index in [9.17, 15) is 0 Å². The quantitative estimate of drug-likeness (QED) is 0.269. The maximum absolute atomic E-state index is 2.52. The Hall–Kier alpha value is -3.84. The molecule has 0 fully saturated rings. The molecule has 2 aliphatic carbocycles. The highest BCUT2D eigenvalue weighted by molar-refractivity contribution is 5.86. The highest BCUT2D eigenvalue weighted by atomic mass is 15.2. The van der Waals surface area contributed by atoms with Crippen LogP contribution in [0.5, 0.6) is 0 Å². The molecule has 7 rings (SSSR count). The molecule has 0 amide bonds. The lowest BCUT2D eigenvalue weighted by molar-refractivity contribution is 0.747. The summed E-state index contributed by atoms with van der Waals surface area (Å²) < 4.78 is 0. The van der Waals surface area contributed by atoms with E-state index >= 15 is 0 Å². The summed E-state index contributed by atoms with van der Waals surface area (Å²) >= 11 is 0. The average molecular weight is 438 g/mol. The van der Waals surface area contributed by atoms with Crippen molar-refractivity contribution in [1.29, 1.82) is 0 Å². The molecule has 2 atom stereocenters. The van der Waals surface area contributed by atoms with Crippen LogP contribution < -0.4 is 4.90 Å². The molecular formula is C33H27N. The first kappa shape index (κ1) is 19.6. The fraction of sp³-hybridized carbons (Fsp3) is 0.152. The van der Waals surface area contributed by atoms with Crippen molar-refractivity contribution in [1.82, 2.24) is 0 Å². The van der Waals surface area contributed by atoms with Crippen molar-refractivity contribution in [2.45, 2.75) is 32.2 Å². The standard InChI is InChI=1S/C33H27N/c1-21-7-13-27(14-8-21)34-32-15-9-22(2)17-30(32)31-20-24(12-16-33(31)34)23-10-11-26-18-25-5-3-4-6-28(25)29(26)19-23/h3-17,19-20,31,33H,18H2,1-2H3. The zero-order valence-electron chi connectivity index (χ0n) is 19.6. The van der Waals surface area contributed by atoms with Crippen molar-refractivity contribution in [3.05, 3.63) is 137 Å². The molecule has 1 heteroatoms. The van der Waals surface area contributed by atoms with Crippen LogP contribution in [0.3, 0.4) is 0 Å². The summed E-state index contributed by atoms with van der Waals surface area (Å²) in [7, 11) is 0. The lowest BCUT2D eigenvalue weighted by Gasteiger charge is -2.30. The molecule has 0 radical (unpaired) electrons. The molecular weight excluding hydrogens is 410 g/mol. The van der Waals surface area contributed by atoms with Crippen LogP contribution in [-0.4, -0.2) is 6.04 Å². The number of fused-ring (bicyclic) bond motifs is 6. The zero-order chi connectivity index (χ0) is 22.8. The minimum absolute atomic E-state index is 0.304. The third-order valence-corrected chi connectivity index (χ3v) is 7.74. The van der Waals surface area contributed by atoms with Gasteiger partial charge in [-0.3, -0.25) is 0 Å². The van der Waals surface area contributed by atoms with E-state index in [0.29, 0.717) is 12.0 Å². The van der Waals surface area contributed by atoms with Crippen LogP contribution in [0.25, 0.3) is 16.7 Å². The van der Waals surface area contributed by atoms with Gasteiger partial charge in [-0.05, 0) is 83.5 Å². The van der Waals surface area contributed by atoms with Crippen LogP contribution in [-0.2, 0) is 6.42 Å². The second-order valence-corrected chi connectivity index (χ2v) is 9.97. The highest BCUT2D eigenvalue weighted by Gasteiger charge is 2.38. The van der Waals surface area contributed by atoms with Crippen molar-refractivity contribution in [2.75, 3.05) is 4.90 Å². The first-order valence-electron chi connectivity index (χ1n) is 12.2. The number of hydrogen-bond acceptors (Lipinski definition) is 1. The number of aryl methyl sites for hydroxylation is 2. The third kappa shape index (κ3) is 2.93. The second kappa shape index (κ2) is 7.33. The summed E-state index contributed by atoms with van der Waals surface area (Å²) in [6, 6.07) is 32.0. The van der Waals surface area contributed by atoms with Crippen LogP contribution >= 0.6 is 0 Å². The van der Waals surface area contributed by atoms with Crippen molar-refractivity contribution >= 4 is 16.9 Å². The summed E-state index contributed by atoms with van der Waals surface area (Å²) in [5, 5.41) is 0. The molecule has 1 aliphatic heterocycles. The van der Waals surface area contributed by atoms with E-state index in [1.807, 2.05) is 0 Å². The van der Waals surface area contributed by atoms with Crippen LogP contribution in [0.4, 0.5) is 11.4 Å². The smallest absolute Gasteiger partial charge is 0.0630 e. The molecule has 2 unspecified atom stereocenters. The molecule has 4 aromatic carbocycles. The molecule has 4 aromatic rings. The second-order valence-electron chi connectivity index (χ2n) is 9.97. The van der Waals surface area contributed by atoms with Gasteiger partial charge in [0.25, 0.3) is 0 Å². The number of allylic oxidation sites excluding steroid dienone is 2. The molecule has 164 valence electrons. The highest BCUT2D eigenvalue weighted by Crippen LogP contribution is 2.49. The Bertz CT molecular complexity index is 1500. The molecule has 0 saturated carbocycles. The van der Waals surface area contributed by atoms with Crippen LogP contribution in [0.15, 0.2) is 103 Å². The molecule has 1 nitrogen and oxygen atoms in total. The van der Waals surface area contributed by atoms with Gasteiger partial charge >= 0.3 is 0 Å². The van der Waals surface area contributed by atoms with E-state index < -0.39 is 0 Å². The molecule has 3 aliphatic rings. The molecule has 0 bridgehead atoms. The van der Waals surface area contributed by atoms with Gasteiger partial charge in [0.15, 0.2) is 0 Å². The van der Waals surface area contributed by atoms with Crippen LogP contribution in [0, 0.1) is 13.8 Å². The van der Waals surface area contributed by atoms with Gasteiger partial charge in [-0.25, -0.2) is 0 Å². The largest absolute Gasteiger partial charge is 0.333 e. The van der Waals surface area contributed by atoms with Crippen molar-refractivity contribution in [3.63, 3.8) is 0 Å². The van der Waals surface area contributed by atoms with Gasteiger partial charge < -0.3 is 4.90 Å². The summed E-state index contributed by atoms with van der Waals surface area (Å²) in [5.74, 6) is 0.344. The Morgan fingerprint density at radius 1 is 0.735 bits per heavy atom. The first-order chi connectivity index (χ1) is 16.7. The number of benzene rings is 4. The Labute approximate surface area is 201 Å².